The number of carbonyl (C=O) groups excluding carboxylic acids is 2. The molecule has 2 amide bonds. The van der Waals surface area contributed by atoms with E-state index in [4.69, 9.17) is 4.74 Å². The summed E-state index contributed by atoms with van der Waals surface area (Å²) in [6.07, 6.45) is -0.629. The molecule has 25 heavy (non-hydrogen) atoms. The Morgan fingerprint density at radius 1 is 0.960 bits per heavy atom. The van der Waals surface area contributed by atoms with Gasteiger partial charge in [-0.2, -0.15) is 0 Å². The molecule has 132 valence electrons. The van der Waals surface area contributed by atoms with Crippen molar-refractivity contribution < 1.29 is 14.3 Å². The third kappa shape index (κ3) is 5.35. The van der Waals surface area contributed by atoms with Crippen molar-refractivity contribution in [2.45, 2.75) is 32.4 Å². The Bertz CT molecular complexity index is 709. The zero-order chi connectivity index (χ0) is 18.4. The number of alkyl carbamates (subject to hydrolysis) is 1. The Kier molecular flexibility index (Phi) is 5.80. The molecule has 1 atom stereocenters. The predicted molar refractivity (Wildman–Crippen MR) is 98.4 cm³/mol. The monoisotopic (exact) mass is 340 g/mol. The quantitative estimate of drug-likeness (QED) is 0.918. The van der Waals surface area contributed by atoms with E-state index in [1.807, 2.05) is 48.5 Å². The van der Waals surface area contributed by atoms with Gasteiger partial charge in [-0.25, -0.2) is 4.79 Å². The number of hydrogen-bond acceptors (Lipinski definition) is 3. The summed E-state index contributed by atoms with van der Waals surface area (Å²) in [5.74, 6) is -0.247. The zero-order valence-electron chi connectivity index (χ0n) is 15.0. The Morgan fingerprint density at radius 3 is 2.00 bits per heavy atom. The zero-order valence-corrected chi connectivity index (χ0v) is 15.0. The third-order valence-corrected chi connectivity index (χ3v) is 3.52. The van der Waals surface area contributed by atoms with Crippen LogP contribution in [0.1, 0.15) is 32.4 Å². The highest BCUT2D eigenvalue weighted by atomic mass is 16.6. The molecule has 2 aromatic rings. The molecule has 2 aromatic carbocycles. The lowest BCUT2D eigenvalue weighted by molar-refractivity contribution is -0.120. The minimum Gasteiger partial charge on any atom is -0.444 e. The van der Waals surface area contributed by atoms with Crippen LogP contribution in [0.2, 0.25) is 0 Å². The molecule has 0 radical (unpaired) electrons. The first-order valence-corrected chi connectivity index (χ1v) is 8.15. The van der Waals surface area contributed by atoms with Gasteiger partial charge in [-0.15, -0.1) is 0 Å². The highest BCUT2D eigenvalue weighted by Gasteiger charge is 2.28. The number of anilines is 1. The van der Waals surface area contributed by atoms with Crippen molar-refractivity contribution in [2.24, 2.45) is 0 Å². The van der Waals surface area contributed by atoms with Gasteiger partial charge in [0.2, 0.25) is 0 Å². The molecule has 0 fully saturated rings. The van der Waals surface area contributed by atoms with Gasteiger partial charge in [-0.1, -0.05) is 48.5 Å². The van der Waals surface area contributed by atoms with Gasteiger partial charge in [-0.3, -0.25) is 4.79 Å². The van der Waals surface area contributed by atoms with Crippen molar-refractivity contribution >= 4 is 17.7 Å². The summed E-state index contributed by atoms with van der Waals surface area (Å²) in [6, 6.07) is 17.6. The lowest BCUT2D eigenvalue weighted by Gasteiger charge is -2.27. The lowest BCUT2D eigenvalue weighted by Crippen LogP contribution is -2.43. The van der Waals surface area contributed by atoms with Crippen LogP contribution in [-0.4, -0.2) is 24.6 Å². The molecule has 1 N–H and O–H groups in total. The number of benzene rings is 2. The molecule has 0 heterocycles. The average Bonchev–Trinajstić information content (AvgIpc) is 2.58. The Hall–Kier alpha value is -2.82. The first-order valence-electron chi connectivity index (χ1n) is 8.15. The van der Waals surface area contributed by atoms with Crippen LogP contribution in [-0.2, 0) is 9.53 Å². The average molecular weight is 340 g/mol. The molecular weight excluding hydrogens is 316 g/mol. The second-order valence-corrected chi connectivity index (χ2v) is 6.72. The fourth-order valence-electron chi connectivity index (χ4n) is 2.33. The maximum absolute atomic E-state index is 13.0. The summed E-state index contributed by atoms with van der Waals surface area (Å²) in [6.45, 7) is 5.34. The van der Waals surface area contributed by atoms with Crippen molar-refractivity contribution in [1.29, 1.82) is 0 Å². The summed E-state index contributed by atoms with van der Waals surface area (Å²) in [5, 5.41) is 2.69. The fourth-order valence-corrected chi connectivity index (χ4v) is 2.33. The second kappa shape index (κ2) is 7.83. The van der Waals surface area contributed by atoms with E-state index in [0.29, 0.717) is 5.56 Å². The molecule has 0 saturated heterocycles. The number of para-hydroxylation sites is 1. The smallest absolute Gasteiger partial charge is 0.408 e. The number of nitrogens with one attached hydrogen (secondary N) is 1. The summed E-state index contributed by atoms with van der Waals surface area (Å²) >= 11 is 0. The Balaban J connectivity index is 2.25. The van der Waals surface area contributed by atoms with Crippen molar-refractivity contribution in [1.82, 2.24) is 5.32 Å². The van der Waals surface area contributed by atoms with Crippen LogP contribution >= 0.6 is 0 Å². The summed E-state index contributed by atoms with van der Waals surface area (Å²) in [4.78, 5) is 26.7. The maximum atomic E-state index is 13.0. The van der Waals surface area contributed by atoms with Crippen molar-refractivity contribution in [2.75, 3.05) is 11.9 Å². The van der Waals surface area contributed by atoms with Gasteiger partial charge in [-0.05, 0) is 38.5 Å². The van der Waals surface area contributed by atoms with Crippen LogP contribution < -0.4 is 10.2 Å². The number of carbonyl (C=O) groups is 2. The van der Waals surface area contributed by atoms with Gasteiger partial charge in [0.1, 0.15) is 11.6 Å². The molecule has 2 rings (SSSR count). The molecule has 0 spiro atoms. The van der Waals surface area contributed by atoms with E-state index < -0.39 is 17.7 Å². The SMILES string of the molecule is CN(C(=O)C(NC(=O)OC(C)(C)C)c1ccccc1)c1ccccc1. The predicted octanol–water partition coefficient (Wildman–Crippen LogP) is 3.92. The number of amides is 2. The molecule has 0 aliphatic rings. The lowest BCUT2D eigenvalue weighted by atomic mass is 10.1. The largest absolute Gasteiger partial charge is 0.444 e. The van der Waals surface area contributed by atoms with E-state index >= 15 is 0 Å². The van der Waals surface area contributed by atoms with E-state index in [1.165, 1.54) is 4.90 Å². The van der Waals surface area contributed by atoms with E-state index in [2.05, 4.69) is 5.32 Å². The molecule has 0 saturated carbocycles. The molecular formula is C20H24N2O3. The number of ether oxygens (including phenoxy) is 1. The minimum atomic E-state index is -0.832. The summed E-state index contributed by atoms with van der Waals surface area (Å²) in [7, 11) is 1.68. The number of hydrogen-bond donors (Lipinski definition) is 1. The van der Waals surface area contributed by atoms with Crippen molar-refractivity contribution in [3.8, 4) is 0 Å². The first-order chi connectivity index (χ1) is 11.8. The summed E-state index contributed by atoms with van der Waals surface area (Å²) < 4.78 is 5.30. The minimum absolute atomic E-state index is 0.247. The Morgan fingerprint density at radius 2 is 1.48 bits per heavy atom. The normalized spacial score (nSPS) is 12.2. The fraction of sp³-hybridized carbons (Fsp3) is 0.300. The van der Waals surface area contributed by atoms with Crippen LogP contribution in [0.25, 0.3) is 0 Å². The van der Waals surface area contributed by atoms with Crippen LogP contribution in [0.15, 0.2) is 60.7 Å². The van der Waals surface area contributed by atoms with Gasteiger partial charge < -0.3 is 15.0 Å². The molecule has 0 bridgehead atoms. The van der Waals surface area contributed by atoms with Crippen LogP contribution in [0, 0.1) is 0 Å². The van der Waals surface area contributed by atoms with Crippen LogP contribution in [0.3, 0.4) is 0 Å². The highest BCUT2D eigenvalue weighted by molar-refractivity contribution is 5.98. The van der Waals surface area contributed by atoms with Gasteiger partial charge in [0.25, 0.3) is 5.91 Å². The standard InChI is InChI=1S/C20H24N2O3/c1-20(2,3)25-19(24)21-17(15-11-7-5-8-12-15)18(23)22(4)16-13-9-6-10-14-16/h5-14,17H,1-4H3,(H,21,24). The van der Waals surface area contributed by atoms with Crippen molar-refractivity contribution in [3.05, 3.63) is 66.2 Å². The number of rotatable bonds is 4. The van der Waals surface area contributed by atoms with Crippen molar-refractivity contribution in [3.63, 3.8) is 0 Å². The van der Waals surface area contributed by atoms with Gasteiger partial charge in [0, 0.05) is 12.7 Å². The molecule has 0 aliphatic carbocycles. The topological polar surface area (TPSA) is 58.6 Å². The van der Waals surface area contributed by atoms with Crippen LogP contribution in [0.5, 0.6) is 0 Å². The van der Waals surface area contributed by atoms with Gasteiger partial charge in [0.05, 0.1) is 0 Å². The number of nitrogens with zero attached hydrogens (tertiary/aromatic N) is 1. The van der Waals surface area contributed by atoms with E-state index in [-0.39, 0.29) is 5.91 Å². The second-order valence-electron chi connectivity index (χ2n) is 6.72. The van der Waals surface area contributed by atoms with Gasteiger partial charge >= 0.3 is 6.09 Å². The molecule has 1 unspecified atom stereocenters. The Labute approximate surface area is 148 Å². The van der Waals surface area contributed by atoms with E-state index in [0.717, 1.165) is 5.69 Å². The first kappa shape index (κ1) is 18.5. The third-order valence-electron chi connectivity index (χ3n) is 3.52. The van der Waals surface area contributed by atoms with Gasteiger partial charge in [0.15, 0.2) is 0 Å². The molecule has 0 aliphatic heterocycles. The number of likely N-dealkylation sites (N-methyl/N-ethyl adjacent to an activating group) is 1. The molecule has 5 nitrogen and oxygen atoms in total. The maximum Gasteiger partial charge on any atom is 0.408 e. The van der Waals surface area contributed by atoms with E-state index in [9.17, 15) is 9.59 Å². The molecule has 5 heteroatoms. The summed E-state index contributed by atoms with van der Waals surface area (Å²) in [5.41, 5.74) is 0.806. The molecule has 0 aromatic heterocycles. The van der Waals surface area contributed by atoms with E-state index in [1.54, 1.807) is 40.0 Å². The highest BCUT2D eigenvalue weighted by Crippen LogP contribution is 2.20. The van der Waals surface area contributed by atoms with Crippen LogP contribution in [0.4, 0.5) is 10.5 Å².